The minimum absolute atomic E-state index is 0.0784. The fourth-order valence-electron chi connectivity index (χ4n) is 2.49. The van der Waals surface area contributed by atoms with Crippen molar-refractivity contribution in [1.29, 1.82) is 0 Å². The molecule has 0 N–H and O–H groups in total. The van der Waals surface area contributed by atoms with E-state index in [1.165, 1.54) is 4.68 Å². The molecule has 0 amide bonds. The summed E-state index contributed by atoms with van der Waals surface area (Å²) in [5.74, 6) is 0. The Morgan fingerprint density at radius 2 is 1.74 bits per heavy atom. The Morgan fingerprint density at radius 3 is 2.16 bits per heavy atom. The second-order valence-corrected chi connectivity index (χ2v) is 6.10. The number of rotatable bonds is 1. The van der Waals surface area contributed by atoms with Gasteiger partial charge in [-0.2, -0.15) is 18.3 Å². The monoisotopic (exact) mass is 275 g/mol. The Labute approximate surface area is 111 Å². The van der Waals surface area contributed by atoms with Crippen LogP contribution >= 0.6 is 0 Å². The highest BCUT2D eigenvalue weighted by molar-refractivity contribution is 5.09. The molecule has 1 fully saturated rings. The molecule has 0 saturated carbocycles. The Bertz CT molecular complexity index is 423. The Hall–Kier alpha value is -1.04. The standard InChI is InChI=1S/C13H20F3N3/c1-12(2,3)18-6-4-11(5-7-18)19-9-10(8-17-19)13(14,15)16/h8-9,11H,4-7H2,1-3H3. The third-order valence-corrected chi connectivity index (χ3v) is 3.72. The number of aromatic nitrogens is 2. The number of hydrogen-bond acceptors (Lipinski definition) is 2. The van der Waals surface area contributed by atoms with Crippen LogP contribution in [0.5, 0.6) is 0 Å². The highest BCUT2D eigenvalue weighted by Gasteiger charge is 2.34. The molecule has 6 heteroatoms. The van der Waals surface area contributed by atoms with Crippen LogP contribution < -0.4 is 0 Å². The lowest BCUT2D eigenvalue weighted by atomic mass is 9.98. The molecule has 0 aliphatic carbocycles. The van der Waals surface area contributed by atoms with Crippen LogP contribution in [0.25, 0.3) is 0 Å². The van der Waals surface area contributed by atoms with Crippen LogP contribution in [0.15, 0.2) is 12.4 Å². The van der Waals surface area contributed by atoms with Gasteiger partial charge < -0.3 is 0 Å². The zero-order chi connectivity index (χ0) is 14.3. The summed E-state index contributed by atoms with van der Waals surface area (Å²) in [6.45, 7) is 8.26. The van der Waals surface area contributed by atoms with Crippen LogP contribution in [0.3, 0.4) is 0 Å². The molecular formula is C13H20F3N3. The van der Waals surface area contributed by atoms with Crippen molar-refractivity contribution in [2.24, 2.45) is 0 Å². The smallest absolute Gasteiger partial charge is 0.298 e. The summed E-state index contributed by atoms with van der Waals surface area (Å²) in [4.78, 5) is 2.36. The van der Waals surface area contributed by atoms with Crippen molar-refractivity contribution < 1.29 is 13.2 Å². The summed E-state index contributed by atoms with van der Waals surface area (Å²) in [5, 5.41) is 3.87. The van der Waals surface area contributed by atoms with Crippen LogP contribution in [0.4, 0.5) is 13.2 Å². The van der Waals surface area contributed by atoms with Gasteiger partial charge in [0.15, 0.2) is 0 Å². The zero-order valence-electron chi connectivity index (χ0n) is 11.5. The van der Waals surface area contributed by atoms with Crippen molar-refractivity contribution in [3.8, 4) is 0 Å². The van der Waals surface area contributed by atoms with Crippen LogP contribution in [-0.2, 0) is 6.18 Å². The Balaban J connectivity index is 2.00. The van der Waals surface area contributed by atoms with Gasteiger partial charge in [-0.25, -0.2) is 0 Å². The molecule has 19 heavy (non-hydrogen) atoms. The van der Waals surface area contributed by atoms with Gasteiger partial charge >= 0.3 is 6.18 Å². The van der Waals surface area contributed by atoms with Gasteiger partial charge in [0.2, 0.25) is 0 Å². The molecule has 1 aromatic rings. The average molecular weight is 275 g/mol. The summed E-state index contributed by atoms with van der Waals surface area (Å²) in [6, 6.07) is 0.0784. The van der Waals surface area contributed by atoms with Gasteiger partial charge in [-0.3, -0.25) is 9.58 Å². The van der Waals surface area contributed by atoms with Crippen LogP contribution in [0.1, 0.15) is 45.2 Å². The van der Waals surface area contributed by atoms with Crippen LogP contribution in [-0.4, -0.2) is 33.3 Å². The quantitative estimate of drug-likeness (QED) is 0.784. The predicted molar refractivity (Wildman–Crippen MR) is 66.8 cm³/mol. The van der Waals surface area contributed by atoms with E-state index in [2.05, 4.69) is 30.8 Å². The van der Waals surface area contributed by atoms with Crippen molar-refractivity contribution in [2.45, 2.75) is 51.4 Å². The molecule has 108 valence electrons. The number of alkyl halides is 3. The topological polar surface area (TPSA) is 21.1 Å². The van der Waals surface area contributed by atoms with E-state index in [0.29, 0.717) is 0 Å². The molecule has 1 aromatic heterocycles. The van der Waals surface area contributed by atoms with Crippen LogP contribution in [0.2, 0.25) is 0 Å². The first-order valence-corrected chi connectivity index (χ1v) is 6.54. The number of hydrogen-bond donors (Lipinski definition) is 0. The Kier molecular flexibility index (Phi) is 3.64. The molecule has 1 aliphatic rings. The molecule has 2 heterocycles. The zero-order valence-corrected chi connectivity index (χ0v) is 11.5. The molecule has 2 rings (SSSR count). The van der Waals surface area contributed by atoms with Gasteiger partial charge in [0.05, 0.1) is 17.8 Å². The highest BCUT2D eigenvalue weighted by atomic mass is 19.4. The SMILES string of the molecule is CC(C)(C)N1CCC(n2cc(C(F)(F)F)cn2)CC1. The first-order valence-electron chi connectivity index (χ1n) is 6.54. The van der Waals surface area contributed by atoms with Gasteiger partial charge in [-0.1, -0.05) is 0 Å². The second kappa shape index (κ2) is 4.81. The molecule has 0 spiro atoms. The van der Waals surface area contributed by atoms with Gasteiger partial charge in [-0.05, 0) is 33.6 Å². The number of nitrogens with zero attached hydrogens (tertiary/aromatic N) is 3. The van der Waals surface area contributed by atoms with Crippen molar-refractivity contribution in [1.82, 2.24) is 14.7 Å². The molecule has 0 aromatic carbocycles. The molecule has 0 atom stereocenters. The van der Waals surface area contributed by atoms with E-state index in [1.807, 2.05) is 0 Å². The maximum Gasteiger partial charge on any atom is 0.419 e. The summed E-state index contributed by atoms with van der Waals surface area (Å²) < 4.78 is 39.1. The normalized spacial score (nSPS) is 19.9. The molecule has 0 radical (unpaired) electrons. The van der Waals surface area contributed by atoms with Crippen molar-refractivity contribution >= 4 is 0 Å². The molecule has 1 saturated heterocycles. The molecule has 0 unspecified atom stereocenters. The average Bonchev–Trinajstić information content (AvgIpc) is 2.77. The van der Waals surface area contributed by atoms with E-state index in [9.17, 15) is 13.2 Å². The summed E-state index contributed by atoms with van der Waals surface area (Å²) >= 11 is 0. The van der Waals surface area contributed by atoms with Gasteiger partial charge in [0, 0.05) is 24.8 Å². The molecule has 0 bridgehead atoms. The van der Waals surface area contributed by atoms with Gasteiger partial charge in [-0.15, -0.1) is 0 Å². The third kappa shape index (κ3) is 3.29. The Morgan fingerprint density at radius 1 is 1.16 bits per heavy atom. The van der Waals surface area contributed by atoms with Crippen molar-refractivity contribution in [2.75, 3.05) is 13.1 Å². The minimum atomic E-state index is -4.30. The van der Waals surface area contributed by atoms with E-state index >= 15 is 0 Å². The summed E-state index contributed by atoms with van der Waals surface area (Å²) in [5.41, 5.74) is -0.544. The summed E-state index contributed by atoms with van der Waals surface area (Å²) in [7, 11) is 0. The number of piperidine rings is 1. The minimum Gasteiger partial charge on any atom is -0.298 e. The first-order chi connectivity index (χ1) is 8.68. The maximum atomic E-state index is 12.5. The molecule has 3 nitrogen and oxygen atoms in total. The van der Waals surface area contributed by atoms with Gasteiger partial charge in [0.1, 0.15) is 0 Å². The number of likely N-dealkylation sites (tertiary alicyclic amines) is 1. The van der Waals surface area contributed by atoms with E-state index < -0.39 is 11.7 Å². The maximum absolute atomic E-state index is 12.5. The second-order valence-electron chi connectivity index (χ2n) is 6.10. The van der Waals surface area contributed by atoms with Gasteiger partial charge in [0.25, 0.3) is 0 Å². The fourth-order valence-corrected chi connectivity index (χ4v) is 2.49. The van der Waals surface area contributed by atoms with Crippen molar-refractivity contribution in [3.05, 3.63) is 18.0 Å². The number of halogens is 3. The van der Waals surface area contributed by atoms with E-state index in [-0.39, 0.29) is 11.6 Å². The highest BCUT2D eigenvalue weighted by Crippen LogP contribution is 2.31. The largest absolute Gasteiger partial charge is 0.419 e. The molecule has 1 aliphatic heterocycles. The third-order valence-electron chi connectivity index (χ3n) is 3.72. The summed E-state index contributed by atoms with van der Waals surface area (Å²) in [6.07, 6.45) is -0.579. The molecular weight excluding hydrogens is 255 g/mol. The van der Waals surface area contributed by atoms with E-state index in [0.717, 1.165) is 38.3 Å². The van der Waals surface area contributed by atoms with E-state index in [4.69, 9.17) is 0 Å². The first kappa shape index (κ1) is 14.4. The van der Waals surface area contributed by atoms with E-state index in [1.54, 1.807) is 0 Å². The van der Waals surface area contributed by atoms with Crippen molar-refractivity contribution in [3.63, 3.8) is 0 Å². The van der Waals surface area contributed by atoms with Crippen LogP contribution in [0, 0.1) is 0 Å². The lowest BCUT2D eigenvalue weighted by Gasteiger charge is -2.40. The lowest BCUT2D eigenvalue weighted by Crippen LogP contribution is -2.46. The fraction of sp³-hybridized carbons (Fsp3) is 0.769. The lowest BCUT2D eigenvalue weighted by molar-refractivity contribution is -0.137. The predicted octanol–water partition coefficient (Wildman–Crippen LogP) is 3.34.